The van der Waals surface area contributed by atoms with E-state index in [9.17, 15) is 30.8 Å². The summed E-state index contributed by atoms with van der Waals surface area (Å²) in [7, 11) is -3.66. The van der Waals surface area contributed by atoms with Gasteiger partial charge in [-0.1, -0.05) is 25.5 Å². The molecule has 0 aliphatic heterocycles. The van der Waals surface area contributed by atoms with Crippen LogP contribution in [0.15, 0.2) is 30.3 Å². The monoisotopic (exact) mass is 461 g/mol. The molecule has 6 nitrogen and oxygen atoms in total. The maximum atomic E-state index is 14.2. The Labute approximate surface area is 178 Å². The minimum Gasteiger partial charge on any atom is -0.351 e. The van der Waals surface area contributed by atoms with Crippen LogP contribution in [-0.4, -0.2) is 25.6 Å². The van der Waals surface area contributed by atoms with Crippen molar-refractivity contribution in [3.8, 4) is 0 Å². The fraction of sp³-hybridized carbons (Fsp3) is 0.400. The average Bonchev–Trinajstić information content (AvgIpc) is 2.66. The molecule has 1 heterocycles. The van der Waals surface area contributed by atoms with Gasteiger partial charge in [0.15, 0.2) is 0 Å². The number of hydrogen-bond acceptors (Lipinski definition) is 4. The van der Waals surface area contributed by atoms with E-state index < -0.39 is 39.5 Å². The molecule has 0 radical (unpaired) electrons. The molecule has 1 unspecified atom stereocenters. The van der Waals surface area contributed by atoms with Crippen LogP contribution in [0.5, 0.6) is 0 Å². The summed E-state index contributed by atoms with van der Waals surface area (Å²) in [5, 5.41) is 2.63. The van der Waals surface area contributed by atoms with E-state index in [1.54, 1.807) is 0 Å². The van der Waals surface area contributed by atoms with E-state index >= 15 is 0 Å². The first-order valence-corrected chi connectivity index (χ1v) is 11.3. The Hall–Kier alpha value is -2.69. The van der Waals surface area contributed by atoms with Crippen LogP contribution in [0.4, 0.5) is 23.2 Å². The standard InChI is InChI=1S/C20H23F4N3O3S/c1-4-5-16-14(7-9-18(26-16)20(22,23)24)11-25-19(28)12(2)13-6-8-17(15(21)10-13)27-31(3,29)30/h6-10,12,27H,4-5,11H2,1-3H3,(H,25,28). The Morgan fingerprint density at radius 3 is 2.42 bits per heavy atom. The quantitative estimate of drug-likeness (QED) is 0.582. The van der Waals surface area contributed by atoms with E-state index in [4.69, 9.17) is 0 Å². The predicted molar refractivity (Wildman–Crippen MR) is 108 cm³/mol. The van der Waals surface area contributed by atoms with Crippen molar-refractivity contribution in [3.05, 3.63) is 58.7 Å². The van der Waals surface area contributed by atoms with Crippen LogP contribution < -0.4 is 10.0 Å². The van der Waals surface area contributed by atoms with Crippen molar-refractivity contribution >= 4 is 21.6 Å². The Morgan fingerprint density at radius 1 is 1.19 bits per heavy atom. The van der Waals surface area contributed by atoms with Gasteiger partial charge < -0.3 is 5.32 Å². The topological polar surface area (TPSA) is 88.2 Å². The zero-order valence-corrected chi connectivity index (χ0v) is 18.0. The maximum Gasteiger partial charge on any atom is 0.433 e. The van der Waals surface area contributed by atoms with Crippen molar-refractivity contribution < 1.29 is 30.8 Å². The molecule has 11 heteroatoms. The Kier molecular flexibility index (Phi) is 7.63. The molecule has 2 N–H and O–H groups in total. The number of benzene rings is 1. The zero-order valence-electron chi connectivity index (χ0n) is 17.2. The van der Waals surface area contributed by atoms with E-state index in [2.05, 4.69) is 10.3 Å². The Morgan fingerprint density at radius 2 is 1.87 bits per heavy atom. The zero-order chi connectivity index (χ0) is 23.4. The number of carbonyl (C=O) groups excluding carboxylic acids is 1. The van der Waals surface area contributed by atoms with E-state index in [0.29, 0.717) is 24.0 Å². The molecule has 1 amide bonds. The van der Waals surface area contributed by atoms with Crippen LogP contribution in [0, 0.1) is 5.82 Å². The summed E-state index contributed by atoms with van der Waals surface area (Å²) in [5.41, 5.74) is -0.188. The van der Waals surface area contributed by atoms with Gasteiger partial charge in [0.2, 0.25) is 15.9 Å². The van der Waals surface area contributed by atoms with Crippen molar-refractivity contribution in [3.63, 3.8) is 0 Å². The first kappa shape index (κ1) is 24.6. The second kappa shape index (κ2) is 9.63. The highest BCUT2D eigenvalue weighted by Gasteiger charge is 2.33. The van der Waals surface area contributed by atoms with E-state index in [-0.39, 0.29) is 17.9 Å². The van der Waals surface area contributed by atoms with Crippen molar-refractivity contribution in [1.29, 1.82) is 0 Å². The van der Waals surface area contributed by atoms with E-state index in [1.807, 2.05) is 11.6 Å². The first-order chi connectivity index (χ1) is 14.3. The molecule has 1 aromatic carbocycles. The van der Waals surface area contributed by atoms with Crippen LogP contribution in [0.3, 0.4) is 0 Å². The van der Waals surface area contributed by atoms with Crippen molar-refractivity contribution in [1.82, 2.24) is 10.3 Å². The smallest absolute Gasteiger partial charge is 0.351 e. The molecule has 0 bridgehead atoms. The fourth-order valence-corrected chi connectivity index (χ4v) is 3.44. The van der Waals surface area contributed by atoms with E-state index in [1.165, 1.54) is 25.1 Å². The summed E-state index contributed by atoms with van der Waals surface area (Å²) in [4.78, 5) is 16.2. The van der Waals surface area contributed by atoms with Crippen LogP contribution in [0.2, 0.25) is 0 Å². The van der Waals surface area contributed by atoms with Gasteiger partial charge in [0.05, 0.1) is 17.9 Å². The normalized spacial score (nSPS) is 13.0. The molecule has 31 heavy (non-hydrogen) atoms. The second-order valence-electron chi connectivity index (χ2n) is 7.10. The molecule has 2 rings (SSSR count). The van der Waals surface area contributed by atoms with Gasteiger partial charge in [-0.15, -0.1) is 0 Å². The number of aromatic nitrogens is 1. The lowest BCUT2D eigenvalue weighted by molar-refractivity contribution is -0.141. The minimum atomic E-state index is -4.55. The highest BCUT2D eigenvalue weighted by molar-refractivity contribution is 7.92. The second-order valence-corrected chi connectivity index (χ2v) is 8.85. The van der Waals surface area contributed by atoms with Gasteiger partial charge in [-0.05, 0) is 42.7 Å². The van der Waals surface area contributed by atoms with Gasteiger partial charge in [0, 0.05) is 12.2 Å². The van der Waals surface area contributed by atoms with Gasteiger partial charge >= 0.3 is 6.18 Å². The molecule has 2 aromatic rings. The molecule has 0 aliphatic rings. The van der Waals surface area contributed by atoms with Crippen LogP contribution in [0.1, 0.15) is 48.7 Å². The lowest BCUT2D eigenvalue weighted by Gasteiger charge is -2.16. The maximum absolute atomic E-state index is 14.2. The molecular formula is C20H23F4N3O3S. The molecule has 0 spiro atoms. The van der Waals surface area contributed by atoms with Crippen molar-refractivity contribution in [2.45, 2.75) is 45.3 Å². The van der Waals surface area contributed by atoms with Crippen LogP contribution >= 0.6 is 0 Å². The van der Waals surface area contributed by atoms with Gasteiger partial charge in [-0.3, -0.25) is 9.52 Å². The average molecular weight is 461 g/mol. The first-order valence-electron chi connectivity index (χ1n) is 9.42. The number of sulfonamides is 1. The molecule has 170 valence electrons. The number of amides is 1. The minimum absolute atomic E-state index is 0.0279. The fourth-order valence-electron chi connectivity index (χ4n) is 2.87. The number of rotatable bonds is 8. The van der Waals surface area contributed by atoms with Crippen LogP contribution in [-0.2, 0) is 34.0 Å². The third kappa shape index (κ3) is 6.91. The number of alkyl halides is 3. The third-order valence-electron chi connectivity index (χ3n) is 4.48. The Bertz CT molecular complexity index is 1060. The van der Waals surface area contributed by atoms with E-state index in [0.717, 1.165) is 18.4 Å². The highest BCUT2D eigenvalue weighted by Crippen LogP contribution is 2.29. The number of hydrogen-bond donors (Lipinski definition) is 2. The SMILES string of the molecule is CCCc1nc(C(F)(F)F)ccc1CNC(=O)C(C)c1ccc(NS(C)(=O)=O)c(F)c1. The van der Waals surface area contributed by atoms with Gasteiger partial charge in [-0.2, -0.15) is 13.2 Å². The molecule has 1 aromatic heterocycles. The highest BCUT2D eigenvalue weighted by atomic mass is 32.2. The summed E-state index contributed by atoms with van der Waals surface area (Å²) in [5.74, 6) is -2.08. The summed E-state index contributed by atoms with van der Waals surface area (Å²) >= 11 is 0. The van der Waals surface area contributed by atoms with Crippen molar-refractivity contribution in [2.75, 3.05) is 11.0 Å². The largest absolute Gasteiger partial charge is 0.433 e. The lowest BCUT2D eigenvalue weighted by Crippen LogP contribution is -2.28. The van der Waals surface area contributed by atoms with Crippen LogP contribution in [0.25, 0.3) is 0 Å². The molecule has 1 atom stereocenters. The number of nitrogens with zero attached hydrogens (tertiary/aromatic N) is 1. The summed E-state index contributed by atoms with van der Waals surface area (Å²) in [6, 6.07) is 5.85. The van der Waals surface area contributed by atoms with Crippen molar-refractivity contribution in [2.24, 2.45) is 0 Å². The third-order valence-corrected chi connectivity index (χ3v) is 5.07. The summed E-state index contributed by atoms with van der Waals surface area (Å²) in [6.45, 7) is 3.31. The number of nitrogens with one attached hydrogen (secondary N) is 2. The molecule has 0 saturated heterocycles. The number of carbonyl (C=O) groups is 1. The number of aryl methyl sites for hydroxylation is 1. The van der Waals surface area contributed by atoms with Gasteiger partial charge in [0.1, 0.15) is 11.5 Å². The number of pyridine rings is 1. The molecule has 0 fully saturated rings. The molecule has 0 aliphatic carbocycles. The lowest BCUT2D eigenvalue weighted by atomic mass is 9.99. The molecule has 0 saturated carbocycles. The predicted octanol–water partition coefficient (Wildman–Crippen LogP) is 3.98. The Balaban J connectivity index is 2.12. The summed E-state index contributed by atoms with van der Waals surface area (Å²) < 4.78 is 77.4. The van der Waals surface area contributed by atoms with Gasteiger partial charge in [0.25, 0.3) is 0 Å². The number of anilines is 1. The molecular weight excluding hydrogens is 438 g/mol. The van der Waals surface area contributed by atoms with Gasteiger partial charge in [-0.25, -0.2) is 17.8 Å². The summed E-state index contributed by atoms with van der Waals surface area (Å²) in [6.07, 6.45) is -2.76. The number of halogens is 4.